The van der Waals surface area contributed by atoms with Crippen molar-refractivity contribution in [3.05, 3.63) is 0 Å². The molecule has 1 saturated heterocycles. The van der Waals surface area contributed by atoms with E-state index in [0.717, 1.165) is 24.3 Å². The summed E-state index contributed by atoms with van der Waals surface area (Å²) in [4.78, 5) is 14.3. The van der Waals surface area contributed by atoms with Crippen molar-refractivity contribution >= 4 is 5.91 Å². The van der Waals surface area contributed by atoms with E-state index in [4.69, 9.17) is 5.73 Å². The summed E-state index contributed by atoms with van der Waals surface area (Å²) < 4.78 is 0. The molecule has 4 bridgehead atoms. The molecule has 0 radical (unpaired) electrons. The predicted molar refractivity (Wildman–Crippen MR) is 65.2 cm³/mol. The maximum Gasteiger partial charge on any atom is 0.224 e. The molecule has 4 aliphatic carbocycles. The van der Waals surface area contributed by atoms with Crippen LogP contribution in [0.15, 0.2) is 0 Å². The van der Waals surface area contributed by atoms with Crippen molar-refractivity contribution in [3.63, 3.8) is 0 Å². The summed E-state index contributed by atoms with van der Waals surface area (Å²) >= 11 is 0. The van der Waals surface area contributed by atoms with Crippen molar-refractivity contribution in [1.82, 2.24) is 4.90 Å². The molecule has 0 spiro atoms. The van der Waals surface area contributed by atoms with Gasteiger partial charge in [-0.25, -0.2) is 0 Å². The van der Waals surface area contributed by atoms with Gasteiger partial charge in [-0.3, -0.25) is 4.79 Å². The molecule has 5 fully saturated rings. The highest BCUT2D eigenvalue weighted by Gasteiger charge is 2.55. The third-order valence-corrected chi connectivity index (χ3v) is 5.73. The smallest absolute Gasteiger partial charge is 0.224 e. The van der Waals surface area contributed by atoms with E-state index in [1.54, 1.807) is 0 Å². The lowest BCUT2D eigenvalue weighted by Gasteiger charge is -2.59. The van der Waals surface area contributed by atoms with Crippen LogP contribution in [0.2, 0.25) is 0 Å². The topological polar surface area (TPSA) is 46.3 Å². The number of amides is 1. The van der Waals surface area contributed by atoms with Gasteiger partial charge < -0.3 is 10.6 Å². The third-order valence-electron chi connectivity index (χ3n) is 5.73. The number of nitrogens with zero attached hydrogens (tertiary/aromatic N) is 1. The summed E-state index contributed by atoms with van der Waals surface area (Å²) in [5, 5.41) is 0. The third kappa shape index (κ3) is 1.41. The predicted octanol–water partition coefficient (Wildman–Crippen LogP) is 1.51. The Morgan fingerprint density at radius 1 is 1.06 bits per heavy atom. The summed E-state index contributed by atoms with van der Waals surface area (Å²) in [5.41, 5.74) is 6.21. The van der Waals surface area contributed by atoms with Crippen LogP contribution in [0.5, 0.6) is 0 Å². The van der Waals surface area contributed by atoms with Gasteiger partial charge in [0.2, 0.25) is 5.91 Å². The molecule has 1 unspecified atom stereocenters. The minimum absolute atomic E-state index is 0.0931. The molecule has 1 heterocycles. The van der Waals surface area contributed by atoms with E-state index in [1.165, 1.54) is 38.5 Å². The first-order valence-corrected chi connectivity index (χ1v) is 7.21. The van der Waals surface area contributed by atoms with Gasteiger partial charge in [0.25, 0.3) is 0 Å². The molecule has 0 aromatic rings. The highest BCUT2D eigenvalue weighted by Crippen LogP contribution is 2.58. The molecule has 3 nitrogen and oxygen atoms in total. The first-order valence-electron chi connectivity index (χ1n) is 7.21. The minimum Gasteiger partial charge on any atom is -0.335 e. The second-order valence-electron chi connectivity index (χ2n) is 7.11. The van der Waals surface area contributed by atoms with Gasteiger partial charge in [0, 0.05) is 24.5 Å². The Balaban J connectivity index is 1.66. The van der Waals surface area contributed by atoms with Crippen molar-refractivity contribution in [2.75, 3.05) is 6.54 Å². The molecule has 1 aliphatic heterocycles. The summed E-state index contributed by atoms with van der Waals surface area (Å²) in [6.45, 7) is 0.824. The van der Waals surface area contributed by atoms with Gasteiger partial charge in [-0.05, 0) is 56.3 Å². The van der Waals surface area contributed by atoms with E-state index in [1.807, 2.05) is 0 Å². The van der Waals surface area contributed by atoms with Crippen molar-refractivity contribution in [2.45, 2.75) is 56.5 Å². The fraction of sp³-hybridized carbons (Fsp3) is 0.929. The van der Waals surface area contributed by atoms with Crippen LogP contribution in [0.3, 0.4) is 0 Å². The summed E-state index contributed by atoms with van der Waals surface area (Å²) in [5.74, 6) is 3.06. The van der Waals surface area contributed by atoms with Gasteiger partial charge in [-0.15, -0.1) is 0 Å². The lowest BCUT2D eigenvalue weighted by molar-refractivity contribution is -0.145. The Morgan fingerprint density at radius 2 is 1.59 bits per heavy atom. The van der Waals surface area contributed by atoms with Crippen LogP contribution in [0, 0.1) is 17.8 Å². The zero-order valence-electron chi connectivity index (χ0n) is 10.4. The molecule has 0 aromatic heterocycles. The molecular weight excluding hydrogens is 212 g/mol. The fourth-order valence-corrected chi connectivity index (χ4v) is 5.59. The summed E-state index contributed by atoms with van der Waals surface area (Å²) in [6, 6.07) is 0.0931. The van der Waals surface area contributed by atoms with Gasteiger partial charge in [-0.1, -0.05) is 0 Å². The van der Waals surface area contributed by atoms with Gasteiger partial charge in [0.1, 0.15) is 0 Å². The molecule has 2 N–H and O–H groups in total. The Bertz CT molecular complexity index is 330. The normalized spacial score (nSPS) is 52.5. The Kier molecular flexibility index (Phi) is 1.98. The van der Waals surface area contributed by atoms with Crippen molar-refractivity contribution in [1.29, 1.82) is 0 Å². The first-order chi connectivity index (χ1) is 8.14. The van der Waals surface area contributed by atoms with Crippen molar-refractivity contribution in [3.8, 4) is 0 Å². The first kappa shape index (κ1) is 10.4. The van der Waals surface area contributed by atoms with E-state index in [-0.39, 0.29) is 11.6 Å². The van der Waals surface area contributed by atoms with E-state index >= 15 is 0 Å². The second-order valence-corrected chi connectivity index (χ2v) is 7.11. The van der Waals surface area contributed by atoms with Gasteiger partial charge in [-0.2, -0.15) is 0 Å². The highest BCUT2D eigenvalue weighted by atomic mass is 16.2. The van der Waals surface area contributed by atoms with E-state index in [2.05, 4.69) is 4.90 Å². The van der Waals surface area contributed by atoms with Crippen LogP contribution in [-0.4, -0.2) is 28.9 Å². The number of hydrogen-bond donors (Lipinski definition) is 1. The number of carbonyl (C=O) groups excluding carboxylic acids is 1. The van der Waals surface area contributed by atoms with Crippen LogP contribution in [0.4, 0.5) is 0 Å². The lowest BCUT2D eigenvalue weighted by Crippen LogP contribution is -2.60. The Morgan fingerprint density at radius 3 is 2.00 bits per heavy atom. The number of rotatable bonds is 1. The average Bonchev–Trinajstić information content (AvgIpc) is 2.56. The molecule has 5 rings (SSSR count). The molecule has 17 heavy (non-hydrogen) atoms. The van der Waals surface area contributed by atoms with Gasteiger partial charge in [0.15, 0.2) is 0 Å². The number of hydrogen-bond acceptors (Lipinski definition) is 2. The van der Waals surface area contributed by atoms with E-state index < -0.39 is 0 Å². The van der Waals surface area contributed by atoms with E-state index in [0.29, 0.717) is 12.3 Å². The minimum atomic E-state index is 0.0931. The molecule has 94 valence electrons. The van der Waals surface area contributed by atoms with Crippen LogP contribution in [0.1, 0.15) is 44.9 Å². The monoisotopic (exact) mass is 234 g/mol. The zero-order chi connectivity index (χ0) is 11.6. The molecule has 0 aromatic carbocycles. The highest BCUT2D eigenvalue weighted by molar-refractivity contribution is 5.80. The molecule has 3 heteroatoms. The molecule has 5 aliphatic rings. The number of nitrogens with two attached hydrogens (primary N) is 1. The Hall–Kier alpha value is -0.570. The quantitative estimate of drug-likeness (QED) is 0.747. The summed E-state index contributed by atoms with van der Waals surface area (Å²) in [7, 11) is 0. The SMILES string of the molecule is NC1CC(=O)N(C23CC4CC(CC(C4)C2)C3)C1. The second kappa shape index (κ2) is 3.25. The molecule has 1 amide bonds. The van der Waals surface area contributed by atoms with E-state index in [9.17, 15) is 4.79 Å². The average molecular weight is 234 g/mol. The lowest BCUT2D eigenvalue weighted by atomic mass is 9.52. The zero-order valence-corrected chi connectivity index (χ0v) is 10.4. The molecule has 1 atom stereocenters. The maximum atomic E-state index is 12.1. The largest absolute Gasteiger partial charge is 0.335 e. The van der Waals surface area contributed by atoms with Crippen molar-refractivity contribution in [2.24, 2.45) is 23.5 Å². The fourth-order valence-electron chi connectivity index (χ4n) is 5.59. The Labute approximate surface area is 103 Å². The standard InChI is InChI=1S/C14H22N2O/c15-12-4-13(17)16(8-12)14-5-9-1-10(6-14)3-11(2-9)7-14/h9-12H,1-8,15H2. The van der Waals surface area contributed by atoms with Crippen molar-refractivity contribution < 1.29 is 4.79 Å². The van der Waals surface area contributed by atoms with Gasteiger partial charge in [0.05, 0.1) is 0 Å². The number of carbonyl (C=O) groups is 1. The van der Waals surface area contributed by atoms with Crippen LogP contribution >= 0.6 is 0 Å². The molecular formula is C14H22N2O. The van der Waals surface area contributed by atoms with Crippen LogP contribution in [0.25, 0.3) is 0 Å². The number of likely N-dealkylation sites (tertiary alicyclic amines) is 1. The van der Waals surface area contributed by atoms with Crippen LogP contribution < -0.4 is 5.73 Å². The molecule has 4 saturated carbocycles. The maximum absolute atomic E-state index is 12.1. The summed E-state index contributed by atoms with van der Waals surface area (Å²) in [6.07, 6.45) is 8.72. The van der Waals surface area contributed by atoms with Gasteiger partial charge >= 0.3 is 0 Å². The van der Waals surface area contributed by atoms with Crippen LogP contribution in [-0.2, 0) is 4.79 Å².